The summed E-state index contributed by atoms with van der Waals surface area (Å²) in [5.74, 6) is 1.65. The third-order valence-corrected chi connectivity index (χ3v) is 4.89. The lowest BCUT2D eigenvalue weighted by molar-refractivity contribution is -0.131. The van der Waals surface area contributed by atoms with Crippen molar-refractivity contribution in [3.63, 3.8) is 0 Å². The molecule has 9 nitrogen and oxygen atoms in total. The quantitative estimate of drug-likeness (QED) is 0.804. The number of rotatable bonds is 4. The van der Waals surface area contributed by atoms with E-state index in [-0.39, 0.29) is 18.4 Å². The first kappa shape index (κ1) is 18.3. The summed E-state index contributed by atoms with van der Waals surface area (Å²) < 4.78 is 16.5. The van der Waals surface area contributed by atoms with Crippen molar-refractivity contribution in [1.29, 1.82) is 0 Å². The maximum atomic E-state index is 13.1. The van der Waals surface area contributed by atoms with Crippen LogP contribution in [0, 0.1) is 0 Å². The molecule has 148 valence electrons. The van der Waals surface area contributed by atoms with Crippen molar-refractivity contribution in [2.45, 2.75) is 45.2 Å². The number of ether oxygens (including phenoxy) is 2. The maximum absolute atomic E-state index is 13.1. The molecule has 0 bridgehead atoms. The highest BCUT2D eigenvalue weighted by Crippen LogP contribution is 2.37. The molecule has 0 aliphatic carbocycles. The van der Waals surface area contributed by atoms with Crippen LogP contribution in [0.2, 0.25) is 0 Å². The zero-order valence-corrected chi connectivity index (χ0v) is 16.0. The molecule has 1 aromatic carbocycles. The smallest absolute Gasteiger partial charge is 0.325 e. The molecule has 28 heavy (non-hydrogen) atoms. The molecular formula is C19H22N4O5. The Bertz CT molecular complexity index is 925. The van der Waals surface area contributed by atoms with Gasteiger partial charge in [0.05, 0.1) is 13.2 Å². The third kappa shape index (κ3) is 3.06. The van der Waals surface area contributed by atoms with Crippen LogP contribution in [0.1, 0.15) is 50.4 Å². The lowest BCUT2D eigenvalue weighted by atomic mass is 9.91. The highest BCUT2D eigenvalue weighted by atomic mass is 16.5. The van der Waals surface area contributed by atoms with Gasteiger partial charge in [-0.15, -0.1) is 0 Å². The molecule has 3 amide bonds. The average molecular weight is 386 g/mol. The van der Waals surface area contributed by atoms with E-state index >= 15 is 0 Å². The van der Waals surface area contributed by atoms with Gasteiger partial charge in [-0.25, -0.2) is 4.79 Å². The summed E-state index contributed by atoms with van der Waals surface area (Å²) in [5, 5.41) is 6.64. The van der Waals surface area contributed by atoms with Crippen LogP contribution in [-0.4, -0.2) is 40.2 Å². The fourth-order valence-electron chi connectivity index (χ4n) is 3.21. The molecule has 2 aromatic rings. The molecule has 2 aliphatic rings. The number of amides is 3. The Morgan fingerprint density at radius 1 is 1.21 bits per heavy atom. The number of carbonyl (C=O) groups excluding carboxylic acids is 2. The molecule has 2 aliphatic heterocycles. The van der Waals surface area contributed by atoms with Crippen molar-refractivity contribution in [1.82, 2.24) is 20.4 Å². The van der Waals surface area contributed by atoms with Gasteiger partial charge in [0.2, 0.25) is 5.89 Å². The Morgan fingerprint density at radius 2 is 1.96 bits per heavy atom. The van der Waals surface area contributed by atoms with Crippen LogP contribution in [0.4, 0.5) is 4.79 Å². The Hall–Kier alpha value is -3.10. The Morgan fingerprint density at radius 3 is 2.68 bits per heavy atom. The molecular weight excluding hydrogens is 364 g/mol. The Labute approximate surface area is 162 Å². The number of imide groups is 1. The largest absolute Gasteiger partial charge is 0.490 e. The number of fused-ring (bicyclic) bond motifs is 1. The highest BCUT2D eigenvalue weighted by molar-refractivity contribution is 6.07. The fraction of sp³-hybridized carbons (Fsp3) is 0.474. The first-order valence-corrected chi connectivity index (χ1v) is 9.25. The Balaban J connectivity index is 1.59. The maximum Gasteiger partial charge on any atom is 0.325 e. The van der Waals surface area contributed by atoms with Crippen molar-refractivity contribution >= 4 is 11.9 Å². The molecule has 9 heteroatoms. The summed E-state index contributed by atoms with van der Waals surface area (Å²) in [5.41, 5.74) is -0.603. The summed E-state index contributed by atoms with van der Waals surface area (Å²) in [6.07, 6.45) is 0.785. The van der Waals surface area contributed by atoms with Crippen LogP contribution >= 0.6 is 0 Å². The summed E-state index contributed by atoms with van der Waals surface area (Å²) in [6.45, 7) is 6.57. The molecule has 4 rings (SSSR count). The predicted octanol–water partition coefficient (Wildman–Crippen LogP) is 2.32. The minimum Gasteiger partial charge on any atom is -0.490 e. The van der Waals surface area contributed by atoms with Gasteiger partial charge >= 0.3 is 6.03 Å². The second kappa shape index (κ2) is 6.81. The van der Waals surface area contributed by atoms with E-state index < -0.39 is 17.5 Å². The summed E-state index contributed by atoms with van der Waals surface area (Å²) in [4.78, 5) is 30.9. The van der Waals surface area contributed by atoms with Crippen LogP contribution in [-0.2, 0) is 16.9 Å². The van der Waals surface area contributed by atoms with Gasteiger partial charge in [0.1, 0.15) is 12.1 Å². The summed E-state index contributed by atoms with van der Waals surface area (Å²) in [6, 6.07) is 4.75. The van der Waals surface area contributed by atoms with E-state index in [2.05, 4.69) is 15.5 Å². The lowest BCUT2D eigenvalue weighted by Crippen LogP contribution is -2.40. The van der Waals surface area contributed by atoms with Gasteiger partial charge in [-0.1, -0.05) is 25.1 Å². The normalized spacial score (nSPS) is 21.8. The van der Waals surface area contributed by atoms with E-state index in [1.165, 1.54) is 0 Å². The molecule has 1 saturated heterocycles. The van der Waals surface area contributed by atoms with Crippen LogP contribution in [0.25, 0.3) is 0 Å². The molecule has 3 heterocycles. The van der Waals surface area contributed by atoms with Gasteiger partial charge in [-0.05, 0) is 24.6 Å². The van der Waals surface area contributed by atoms with Gasteiger partial charge in [-0.2, -0.15) is 4.98 Å². The Kier molecular flexibility index (Phi) is 4.44. The standard InChI is InChI=1S/C19H22N4O5/c1-11(2)16-20-15(28-22-16)10-23-17(24)19(3,21-18(23)25)12-5-6-13-14(9-12)27-8-4-7-26-13/h5-6,9,11H,4,7-8,10H2,1-3H3,(H,21,25)/t19-/m0/s1. The number of urea groups is 1. The van der Waals surface area contributed by atoms with E-state index in [0.717, 1.165) is 11.3 Å². The molecule has 0 spiro atoms. The number of nitrogens with one attached hydrogen (secondary N) is 1. The molecule has 1 atom stereocenters. The first-order valence-electron chi connectivity index (χ1n) is 9.25. The number of aromatic nitrogens is 2. The van der Waals surface area contributed by atoms with Crippen molar-refractivity contribution < 1.29 is 23.6 Å². The van der Waals surface area contributed by atoms with E-state index in [1.54, 1.807) is 25.1 Å². The van der Waals surface area contributed by atoms with E-state index in [1.807, 2.05) is 13.8 Å². The van der Waals surface area contributed by atoms with Gasteiger partial charge in [-0.3, -0.25) is 9.69 Å². The van der Waals surface area contributed by atoms with Gasteiger partial charge in [0.15, 0.2) is 17.3 Å². The molecule has 0 unspecified atom stereocenters. The van der Waals surface area contributed by atoms with Gasteiger partial charge in [0.25, 0.3) is 5.91 Å². The van der Waals surface area contributed by atoms with Gasteiger partial charge < -0.3 is 19.3 Å². The molecule has 1 aromatic heterocycles. The molecule has 0 radical (unpaired) electrons. The average Bonchev–Trinajstić information content (AvgIpc) is 3.12. The van der Waals surface area contributed by atoms with Crippen LogP contribution in [0.15, 0.2) is 22.7 Å². The van der Waals surface area contributed by atoms with Crippen LogP contribution in [0.5, 0.6) is 11.5 Å². The topological polar surface area (TPSA) is 107 Å². The zero-order chi connectivity index (χ0) is 19.9. The predicted molar refractivity (Wildman–Crippen MR) is 96.9 cm³/mol. The second-order valence-electron chi connectivity index (χ2n) is 7.36. The first-order chi connectivity index (χ1) is 13.4. The minimum atomic E-state index is -1.22. The van der Waals surface area contributed by atoms with Crippen molar-refractivity contribution in [2.75, 3.05) is 13.2 Å². The monoisotopic (exact) mass is 386 g/mol. The number of hydrogen-bond donors (Lipinski definition) is 1. The van der Waals surface area contributed by atoms with E-state index in [0.29, 0.717) is 36.1 Å². The number of nitrogens with zero attached hydrogens (tertiary/aromatic N) is 3. The summed E-state index contributed by atoms with van der Waals surface area (Å²) >= 11 is 0. The fourth-order valence-corrected chi connectivity index (χ4v) is 3.21. The second-order valence-corrected chi connectivity index (χ2v) is 7.36. The molecule has 0 saturated carbocycles. The number of carbonyl (C=O) groups is 2. The SMILES string of the molecule is CC(C)c1noc(CN2C(=O)N[C@@](C)(c3ccc4c(c3)OCCCO4)C2=O)n1. The van der Waals surface area contributed by atoms with Crippen molar-refractivity contribution in [3.8, 4) is 11.5 Å². The van der Waals surface area contributed by atoms with Gasteiger partial charge in [0, 0.05) is 12.3 Å². The van der Waals surface area contributed by atoms with Crippen LogP contribution < -0.4 is 14.8 Å². The minimum absolute atomic E-state index is 0.0788. The van der Waals surface area contributed by atoms with E-state index in [9.17, 15) is 9.59 Å². The lowest BCUT2D eigenvalue weighted by Gasteiger charge is -2.23. The molecule has 1 N–H and O–H groups in total. The zero-order valence-electron chi connectivity index (χ0n) is 16.0. The highest BCUT2D eigenvalue weighted by Gasteiger charge is 2.49. The van der Waals surface area contributed by atoms with Crippen molar-refractivity contribution in [2.24, 2.45) is 0 Å². The van der Waals surface area contributed by atoms with Crippen molar-refractivity contribution in [3.05, 3.63) is 35.5 Å². The third-order valence-electron chi connectivity index (χ3n) is 4.89. The summed E-state index contributed by atoms with van der Waals surface area (Å²) in [7, 11) is 0. The molecule has 1 fully saturated rings. The number of hydrogen-bond acceptors (Lipinski definition) is 7. The van der Waals surface area contributed by atoms with E-state index in [4.69, 9.17) is 14.0 Å². The number of benzene rings is 1. The van der Waals surface area contributed by atoms with Crippen LogP contribution in [0.3, 0.4) is 0 Å².